The summed E-state index contributed by atoms with van der Waals surface area (Å²) in [6, 6.07) is 28.3. The summed E-state index contributed by atoms with van der Waals surface area (Å²) in [4.78, 5) is 20.5. The zero-order chi connectivity index (χ0) is 21.8. The molecule has 3 aromatic carbocycles. The van der Waals surface area contributed by atoms with E-state index in [1.807, 2.05) is 60.8 Å². The molecule has 0 fully saturated rings. The molecule has 2 heterocycles. The van der Waals surface area contributed by atoms with Crippen molar-refractivity contribution in [1.82, 2.24) is 15.3 Å². The van der Waals surface area contributed by atoms with Gasteiger partial charge in [0, 0.05) is 40.3 Å². The number of para-hydroxylation sites is 2. The second kappa shape index (κ2) is 9.28. The van der Waals surface area contributed by atoms with Crippen molar-refractivity contribution in [2.75, 3.05) is 6.54 Å². The molecule has 5 aromatic rings. The van der Waals surface area contributed by atoms with Gasteiger partial charge in [0.1, 0.15) is 0 Å². The van der Waals surface area contributed by atoms with Gasteiger partial charge in [-0.05, 0) is 47.9 Å². The lowest BCUT2D eigenvalue weighted by atomic mass is 10.1. The van der Waals surface area contributed by atoms with Crippen LogP contribution in [0.1, 0.15) is 21.5 Å². The van der Waals surface area contributed by atoms with Gasteiger partial charge in [-0.15, -0.1) is 11.8 Å². The highest BCUT2D eigenvalue weighted by Gasteiger charge is 2.07. The van der Waals surface area contributed by atoms with Gasteiger partial charge in [-0.1, -0.05) is 54.6 Å². The van der Waals surface area contributed by atoms with Crippen molar-refractivity contribution in [3.8, 4) is 0 Å². The third kappa shape index (κ3) is 4.53. The van der Waals surface area contributed by atoms with E-state index < -0.39 is 0 Å². The predicted octanol–water partition coefficient (Wildman–Crippen LogP) is 5.98. The highest BCUT2D eigenvalue weighted by molar-refractivity contribution is 7.98. The van der Waals surface area contributed by atoms with Crippen LogP contribution in [0.5, 0.6) is 0 Å². The van der Waals surface area contributed by atoms with E-state index in [4.69, 9.17) is 4.98 Å². The van der Waals surface area contributed by atoms with Crippen molar-refractivity contribution in [3.63, 3.8) is 0 Å². The van der Waals surface area contributed by atoms with Crippen LogP contribution in [0.3, 0.4) is 0 Å². The molecule has 0 atom stereocenters. The number of rotatable bonds is 7. The van der Waals surface area contributed by atoms with Crippen molar-refractivity contribution in [3.05, 3.63) is 108 Å². The van der Waals surface area contributed by atoms with E-state index in [2.05, 4.69) is 40.6 Å². The predicted molar refractivity (Wildman–Crippen MR) is 132 cm³/mol. The van der Waals surface area contributed by atoms with Gasteiger partial charge in [0.15, 0.2) is 0 Å². The standard InChI is InChI=1S/C27H23N3OS/c31-27(28-16-15-22-17-29-25-8-4-2-6-23(22)25)21-11-9-19(10-12-21)18-32-26-14-13-20-5-1-3-7-24(20)30-26/h1-14,17,29H,15-16,18H2,(H,28,31). The summed E-state index contributed by atoms with van der Waals surface area (Å²) in [7, 11) is 0. The fourth-order valence-corrected chi connectivity index (χ4v) is 4.62. The van der Waals surface area contributed by atoms with Crippen LogP contribution in [0, 0.1) is 0 Å². The highest BCUT2D eigenvalue weighted by atomic mass is 32.2. The monoisotopic (exact) mass is 437 g/mol. The lowest BCUT2D eigenvalue weighted by molar-refractivity contribution is 0.0954. The molecular weight excluding hydrogens is 414 g/mol. The smallest absolute Gasteiger partial charge is 0.251 e. The molecule has 0 aliphatic heterocycles. The number of aromatic amines is 1. The van der Waals surface area contributed by atoms with Crippen molar-refractivity contribution < 1.29 is 4.79 Å². The van der Waals surface area contributed by atoms with E-state index in [0.717, 1.165) is 33.6 Å². The second-order valence-electron chi connectivity index (χ2n) is 7.69. The maximum Gasteiger partial charge on any atom is 0.251 e. The molecule has 0 aliphatic carbocycles. The molecule has 2 N–H and O–H groups in total. The zero-order valence-corrected chi connectivity index (χ0v) is 18.4. The Morgan fingerprint density at radius 2 is 1.72 bits per heavy atom. The topological polar surface area (TPSA) is 57.8 Å². The van der Waals surface area contributed by atoms with Gasteiger partial charge < -0.3 is 10.3 Å². The van der Waals surface area contributed by atoms with Crippen LogP contribution in [-0.2, 0) is 12.2 Å². The first-order valence-electron chi connectivity index (χ1n) is 10.7. The first-order chi connectivity index (χ1) is 15.8. The molecule has 0 bridgehead atoms. The molecule has 0 unspecified atom stereocenters. The fourth-order valence-electron chi connectivity index (χ4n) is 3.79. The third-order valence-electron chi connectivity index (χ3n) is 5.53. The summed E-state index contributed by atoms with van der Waals surface area (Å²) in [6.45, 7) is 0.603. The number of carbonyl (C=O) groups is 1. The van der Waals surface area contributed by atoms with Crippen LogP contribution >= 0.6 is 11.8 Å². The number of benzene rings is 3. The summed E-state index contributed by atoms with van der Waals surface area (Å²) in [5.41, 5.74) is 5.20. The molecular formula is C27H23N3OS. The molecule has 0 saturated heterocycles. The molecule has 0 spiro atoms. The summed E-state index contributed by atoms with van der Waals surface area (Å²) < 4.78 is 0. The molecule has 5 heteroatoms. The van der Waals surface area contributed by atoms with E-state index in [1.165, 1.54) is 16.5 Å². The van der Waals surface area contributed by atoms with Gasteiger partial charge in [-0.3, -0.25) is 4.79 Å². The molecule has 1 amide bonds. The number of H-pyrrole nitrogens is 1. The lowest BCUT2D eigenvalue weighted by Gasteiger charge is -2.07. The Morgan fingerprint density at radius 1 is 0.906 bits per heavy atom. The number of nitrogens with one attached hydrogen (secondary N) is 2. The van der Waals surface area contributed by atoms with Crippen LogP contribution in [0.15, 0.2) is 96.2 Å². The SMILES string of the molecule is O=C(NCCc1c[nH]c2ccccc12)c1ccc(CSc2ccc3ccccc3n2)cc1. The molecule has 2 aromatic heterocycles. The maximum absolute atomic E-state index is 12.5. The van der Waals surface area contributed by atoms with Crippen LogP contribution in [-0.4, -0.2) is 22.4 Å². The number of amides is 1. The minimum absolute atomic E-state index is 0.0414. The molecule has 0 saturated carbocycles. The second-order valence-corrected chi connectivity index (χ2v) is 8.69. The molecule has 0 aliphatic rings. The van der Waals surface area contributed by atoms with E-state index in [9.17, 15) is 4.79 Å². The van der Waals surface area contributed by atoms with Gasteiger partial charge in [-0.25, -0.2) is 4.98 Å². The average molecular weight is 438 g/mol. The summed E-state index contributed by atoms with van der Waals surface area (Å²) in [5, 5.41) is 6.39. The minimum Gasteiger partial charge on any atom is -0.361 e. The van der Waals surface area contributed by atoms with Crippen LogP contribution in [0.25, 0.3) is 21.8 Å². The first-order valence-corrected chi connectivity index (χ1v) is 11.7. The number of hydrogen-bond donors (Lipinski definition) is 2. The Labute approximate surface area is 191 Å². The Morgan fingerprint density at radius 3 is 2.62 bits per heavy atom. The quantitative estimate of drug-likeness (QED) is 0.308. The lowest BCUT2D eigenvalue weighted by Crippen LogP contribution is -2.25. The maximum atomic E-state index is 12.5. The number of thioether (sulfide) groups is 1. The molecule has 158 valence electrons. The number of pyridine rings is 1. The number of carbonyl (C=O) groups excluding carboxylic acids is 1. The fraction of sp³-hybridized carbons (Fsp3) is 0.111. The average Bonchev–Trinajstić information content (AvgIpc) is 3.26. The van der Waals surface area contributed by atoms with E-state index in [1.54, 1.807) is 11.8 Å². The van der Waals surface area contributed by atoms with Crippen molar-refractivity contribution >= 4 is 39.5 Å². The number of hydrogen-bond acceptors (Lipinski definition) is 3. The zero-order valence-electron chi connectivity index (χ0n) is 17.5. The van der Waals surface area contributed by atoms with Crippen molar-refractivity contribution in [2.45, 2.75) is 17.2 Å². The first kappa shape index (κ1) is 20.3. The third-order valence-corrected chi connectivity index (χ3v) is 6.53. The summed E-state index contributed by atoms with van der Waals surface area (Å²) in [6.07, 6.45) is 2.82. The van der Waals surface area contributed by atoms with Gasteiger partial charge in [0.2, 0.25) is 0 Å². The van der Waals surface area contributed by atoms with Gasteiger partial charge in [0.25, 0.3) is 5.91 Å². The Balaban J connectivity index is 1.14. The van der Waals surface area contributed by atoms with E-state index >= 15 is 0 Å². The highest BCUT2D eigenvalue weighted by Crippen LogP contribution is 2.24. The normalized spacial score (nSPS) is 11.1. The Bertz CT molecular complexity index is 1370. The molecule has 0 radical (unpaired) electrons. The van der Waals surface area contributed by atoms with E-state index in [0.29, 0.717) is 12.1 Å². The van der Waals surface area contributed by atoms with Gasteiger partial charge in [0.05, 0.1) is 10.5 Å². The minimum atomic E-state index is -0.0414. The van der Waals surface area contributed by atoms with Crippen LogP contribution in [0.2, 0.25) is 0 Å². The summed E-state index contributed by atoms with van der Waals surface area (Å²) >= 11 is 1.70. The Hall–Kier alpha value is -3.57. The van der Waals surface area contributed by atoms with Crippen LogP contribution < -0.4 is 5.32 Å². The van der Waals surface area contributed by atoms with Crippen molar-refractivity contribution in [2.24, 2.45) is 0 Å². The molecule has 32 heavy (non-hydrogen) atoms. The largest absolute Gasteiger partial charge is 0.361 e. The number of nitrogens with zero attached hydrogens (tertiary/aromatic N) is 1. The Kier molecular flexibility index (Phi) is 5.90. The van der Waals surface area contributed by atoms with Crippen molar-refractivity contribution in [1.29, 1.82) is 0 Å². The molecule has 4 nitrogen and oxygen atoms in total. The number of aromatic nitrogens is 2. The molecule has 5 rings (SSSR count). The summed E-state index contributed by atoms with van der Waals surface area (Å²) in [5.74, 6) is 0.772. The van der Waals surface area contributed by atoms with Gasteiger partial charge >= 0.3 is 0 Å². The van der Waals surface area contributed by atoms with Gasteiger partial charge in [-0.2, -0.15) is 0 Å². The van der Waals surface area contributed by atoms with Crippen LogP contribution in [0.4, 0.5) is 0 Å². The number of fused-ring (bicyclic) bond motifs is 2. The van der Waals surface area contributed by atoms with E-state index in [-0.39, 0.29) is 5.91 Å².